The van der Waals surface area contributed by atoms with E-state index in [0.29, 0.717) is 6.04 Å². The predicted octanol–water partition coefficient (Wildman–Crippen LogP) is 1.78. The Morgan fingerprint density at radius 2 is 2.12 bits per heavy atom. The van der Waals surface area contributed by atoms with Gasteiger partial charge in [0.1, 0.15) is 0 Å². The Kier molecular flexibility index (Phi) is 4.98. The van der Waals surface area contributed by atoms with Crippen molar-refractivity contribution in [2.75, 3.05) is 32.8 Å². The van der Waals surface area contributed by atoms with Gasteiger partial charge < -0.3 is 10.4 Å². The topological polar surface area (TPSA) is 35.5 Å². The molecule has 2 N–H and O–H groups in total. The number of hydrogen-bond acceptors (Lipinski definition) is 3. The Morgan fingerprint density at radius 1 is 1.35 bits per heavy atom. The molecule has 0 radical (unpaired) electrons. The molecule has 1 aliphatic rings. The van der Waals surface area contributed by atoms with E-state index in [9.17, 15) is 5.11 Å². The van der Waals surface area contributed by atoms with Crippen molar-refractivity contribution in [3.05, 3.63) is 34.3 Å². The van der Waals surface area contributed by atoms with Gasteiger partial charge in [0.15, 0.2) is 0 Å². The molecule has 0 spiro atoms. The summed E-state index contributed by atoms with van der Waals surface area (Å²) in [5, 5.41) is 12.6. The summed E-state index contributed by atoms with van der Waals surface area (Å²) in [5.41, 5.74) is 1.29. The van der Waals surface area contributed by atoms with Crippen LogP contribution in [0, 0.1) is 0 Å². The van der Waals surface area contributed by atoms with Crippen LogP contribution in [0.25, 0.3) is 0 Å². The van der Waals surface area contributed by atoms with Crippen LogP contribution in [0.3, 0.4) is 0 Å². The molecule has 1 atom stereocenters. The van der Waals surface area contributed by atoms with Gasteiger partial charge in [-0.1, -0.05) is 28.1 Å². The van der Waals surface area contributed by atoms with Crippen molar-refractivity contribution in [1.82, 2.24) is 10.2 Å². The zero-order valence-corrected chi connectivity index (χ0v) is 11.5. The van der Waals surface area contributed by atoms with Gasteiger partial charge in [0.25, 0.3) is 0 Å². The molecule has 0 amide bonds. The second kappa shape index (κ2) is 6.50. The van der Waals surface area contributed by atoms with Crippen LogP contribution in [0.15, 0.2) is 28.7 Å². The molecule has 3 nitrogen and oxygen atoms in total. The number of benzene rings is 1. The average molecular weight is 299 g/mol. The van der Waals surface area contributed by atoms with Crippen LogP contribution in [0.5, 0.6) is 0 Å². The van der Waals surface area contributed by atoms with Crippen molar-refractivity contribution in [1.29, 1.82) is 0 Å². The van der Waals surface area contributed by atoms with Crippen LogP contribution in [0.2, 0.25) is 0 Å². The zero-order chi connectivity index (χ0) is 12.1. The number of aliphatic hydroxyl groups is 1. The van der Waals surface area contributed by atoms with E-state index in [2.05, 4.69) is 44.3 Å². The minimum absolute atomic E-state index is 0.237. The maximum Gasteiger partial charge on any atom is 0.0449 e. The molecule has 94 valence electrons. The highest BCUT2D eigenvalue weighted by atomic mass is 79.9. The SMILES string of the molecule is OCC[C@H](c1cccc(Br)c1)N1CCNCC1. The lowest BCUT2D eigenvalue weighted by Gasteiger charge is -2.35. The molecule has 1 heterocycles. The molecule has 0 bridgehead atoms. The molecule has 1 fully saturated rings. The van der Waals surface area contributed by atoms with Gasteiger partial charge in [-0.25, -0.2) is 0 Å². The van der Waals surface area contributed by atoms with Crippen LogP contribution in [0.1, 0.15) is 18.0 Å². The number of nitrogens with one attached hydrogen (secondary N) is 1. The van der Waals surface area contributed by atoms with Crippen molar-refractivity contribution in [2.24, 2.45) is 0 Å². The van der Waals surface area contributed by atoms with Crippen molar-refractivity contribution >= 4 is 15.9 Å². The van der Waals surface area contributed by atoms with E-state index < -0.39 is 0 Å². The molecule has 1 aromatic carbocycles. The Bertz CT molecular complexity index is 353. The normalized spacial score (nSPS) is 19.2. The molecule has 1 saturated heterocycles. The van der Waals surface area contributed by atoms with E-state index in [-0.39, 0.29) is 6.61 Å². The lowest BCUT2D eigenvalue weighted by atomic mass is 10.0. The lowest BCUT2D eigenvalue weighted by Crippen LogP contribution is -2.45. The number of piperazine rings is 1. The van der Waals surface area contributed by atoms with Crippen molar-refractivity contribution in [3.63, 3.8) is 0 Å². The number of nitrogens with zero attached hydrogens (tertiary/aromatic N) is 1. The van der Waals surface area contributed by atoms with Gasteiger partial charge >= 0.3 is 0 Å². The maximum atomic E-state index is 9.24. The Balaban J connectivity index is 2.15. The highest BCUT2D eigenvalue weighted by Gasteiger charge is 2.21. The standard InChI is InChI=1S/C13H19BrN2O/c14-12-3-1-2-11(10-12)13(4-9-17)16-7-5-15-6-8-16/h1-3,10,13,15,17H,4-9H2/t13-/m1/s1. The van der Waals surface area contributed by atoms with E-state index in [1.807, 2.05) is 6.07 Å². The summed E-state index contributed by atoms with van der Waals surface area (Å²) in [4.78, 5) is 2.45. The number of aliphatic hydroxyl groups excluding tert-OH is 1. The molecule has 17 heavy (non-hydrogen) atoms. The first kappa shape index (κ1) is 13.0. The van der Waals surface area contributed by atoms with Crippen LogP contribution < -0.4 is 5.32 Å². The van der Waals surface area contributed by atoms with Gasteiger partial charge in [-0.3, -0.25) is 4.90 Å². The second-order valence-corrected chi connectivity index (χ2v) is 5.28. The Labute approximate surface area is 111 Å². The summed E-state index contributed by atoms with van der Waals surface area (Å²) < 4.78 is 1.10. The van der Waals surface area contributed by atoms with Crippen molar-refractivity contribution < 1.29 is 5.11 Å². The smallest absolute Gasteiger partial charge is 0.0449 e. The highest BCUT2D eigenvalue weighted by Crippen LogP contribution is 2.26. The molecule has 0 saturated carbocycles. The summed E-state index contributed by atoms with van der Waals surface area (Å²) in [5.74, 6) is 0. The summed E-state index contributed by atoms with van der Waals surface area (Å²) in [6, 6.07) is 8.73. The van der Waals surface area contributed by atoms with E-state index >= 15 is 0 Å². The summed E-state index contributed by atoms with van der Waals surface area (Å²) in [6.07, 6.45) is 0.802. The molecule has 1 aromatic rings. The lowest BCUT2D eigenvalue weighted by molar-refractivity contribution is 0.141. The molecule has 0 aromatic heterocycles. The third kappa shape index (κ3) is 3.52. The molecule has 1 aliphatic heterocycles. The minimum Gasteiger partial charge on any atom is -0.396 e. The van der Waals surface area contributed by atoms with E-state index in [0.717, 1.165) is 37.1 Å². The molecular weight excluding hydrogens is 280 g/mol. The first-order chi connectivity index (χ1) is 8.31. The first-order valence-electron chi connectivity index (χ1n) is 6.12. The fraction of sp³-hybridized carbons (Fsp3) is 0.538. The van der Waals surface area contributed by atoms with Crippen molar-refractivity contribution in [2.45, 2.75) is 12.5 Å². The Hall–Kier alpha value is -0.420. The summed E-state index contributed by atoms with van der Waals surface area (Å²) in [6.45, 7) is 4.42. The number of rotatable bonds is 4. The maximum absolute atomic E-state index is 9.24. The molecular formula is C13H19BrN2O. The fourth-order valence-corrected chi connectivity index (χ4v) is 2.81. The van der Waals surface area contributed by atoms with Gasteiger partial charge in [0.05, 0.1) is 0 Å². The monoisotopic (exact) mass is 298 g/mol. The van der Waals surface area contributed by atoms with E-state index in [1.54, 1.807) is 0 Å². The fourth-order valence-electron chi connectivity index (χ4n) is 2.39. The van der Waals surface area contributed by atoms with Gasteiger partial charge in [-0.15, -0.1) is 0 Å². The predicted molar refractivity (Wildman–Crippen MR) is 73.0 cm³/mol. The largest absolute Gasteiger partial charge is 0.396 e. The van der Waals surface area contributed by atoms with Crippen LogP contribution in [0.4, 0.5) is 0 Å². The third-order valence-electron chi connectivity index (χ3n) is 3.23. The summed E-state index contributed by atoms with van der Waals surface area (Å²) >= 11 is 3.51. The third-order valence-corrected chi connectivity index (χ3v) is 3.72. The Morgan fingerprint density at radius 3 is 2.76 bits per heavy atom. The van der Waals surface area contributed by atoms with Crippen molar-refractivity contribution in [3.8, 4) is 0 Å². The molecule has 0 unspecified atom stereocenters. The minimum atomic E-state index is 0.237. The van der Waals surface area contributed by atoms with Crippen LogP contribution in [-0.4, -0.2) is 42.8 Å². The second-order valence-electron chi connectivity index (χ2n) is 4.37. The molecule has 2 rings (SSSR count). The highest BCUT2D eigenvalue weighted by molar-refractivity contribution is 9.10. The quantitative estimate of drug-likeness (QED) is 0.889. The molecule has 4 heteroatoms. The zero-order valence-electron chi connectivity index (χ0n) is 9.90. The van der Waals surface area contributed by atoms with Gasteiger partial charge in [0.2, 0.25) is 0 Å². The number of halogens is 1. The van der Waals surface area contributed by atoms with E-state index in [1.165, 1.54) is 5.56 Å². The molecule has 0 aliphatic carbocycles. The van der Waals surface area contributed by atoms with Gasteiger partial charge in [-0.05, 0) is 24.1 Å². The van der Waals surface area contributed by atoms with Gasteiger partial charge in [-0.2, -0.15) is 0 Å². The van der Waals surface area contributed by atoms with Crippen LogP contribution in [-0.2, 0) is 0 Å². The summed E-state index contributed by atoms with van der Waals surface area (Å²) in [7, 11) is 0. The number of hydrogen-bond donors (Lipinski definition) is 2. The average Bonchev–Trinajstić information content (AvgIpc) is 2.37. The van der Waals surface area contributed by atoms with E-state index in [4.69, 9.17) is 0 Å². The van der Waals surface area contributed by atoms with Crippen LogP contribution >= 0.6 is 15.9 Å². The first-order valence-corrected chi connectivity index (χ1v) is 6.91. The van der Waals surface area contributed by atoms with Gasteiger partial charge in [0, 0.05) is 43.3 Å².